The molecule has 2 fully saturated rings. The molecule has 3 aliphatic rings. The number of halogens is 3. The summed E-state index contributed by atoms with van der Waals surface area (Å²) in [5.41, 5.74) is 2.65. The third-order valence-corrected chi connectivity index (χ3v) is 13.8. The van der Waals surface area contributed by atoms with Gasteiger partial charge in [-0.15, -0.1) is 0 Å². The van der Waals surface area contributed by atoms with E-state index >= 15 is 0 Å². The summed E-state index contributed by atoms with van der Waals surface area (Å²) in [4.78, 5) is -0.175. The first kappa shape index (κ1) is 30.2. The molecule has 0 heterocycles. The normalized spacial score (nSPS) is 25.1. The predicted octanol–water partition coefficient (Wildman–Crippen LogP) is 8.68. The first-order chi connectivity index (χ1) is 21.2. The second-order valence-corrected chi connectivity index (χ2v) is 17.5. The summed E-state index contributed by atoms with van der Waals surface area (Å²) < 4.78 is 94.9. The lowest BCUT2D eigenvalue weighted by Gasteiger charge is -2.50. The summed E-state index contributed by atoms with van der Waals surface area (Å²) in [7, 11) is -7.89. The highest BCUT2D eigenvalue weighted by atomic mass is 32.2. The van der Waals surface area contributed by atoms with Crippen LogP contribution in [0.3, 0.4) is 0 Å². The fourth-order valence-corrected chi connectivity index (χ4v) is 10.7. The molecule has 0 amide bonds. The van der Waals surface area contributed by atoms with E-state index in [1.165, 1.54) is 6.07 Å². The van der Waals surface area contributed by atoms with Crippen molar-refractivity contribution in [2.24, 2.45) is 5.92 Å². The van der Waals surface area contributed by atoms with Gasteiger partial charge < -0.3 is 0 Å². The molecule has 4 atom stereocenters. The lowest BCUT2D eigenvalue weighted by atomic mass is 9.61. The summed E-state index contributed by atoms with van der Waals surface area (Å²) in [6.45, 7) is 1.68. The summed E-state index contributed by atoms with van der Waals surface area (Å²) in [6.07, 6.45) is 3.25. The van der Waals surface area contributed by atoms with E-state index in [0.29, 0.717) is 6.42 Å². The molecule has 0 spiro atoms. The molecule has 9 heteroatoms. The lowest BCUT2D eigenvalue weighted by Crippen LogP contribution is -2.50. The number of hydrogen-bond donors (Lipinski definition) is 0. The topological polar surface area (TPSA) is 68.3 Å². The van der Waals surface area contributed by atoms with Crippen molar-refractivity contribution < 1.29 is 30.0 Å². The first-order valence-electron chi connectivity index (χ1n) is 15.1. The summed E-state index contributed by atoms with van der Waals surface area (Å²) in [5, 5.41) is 2.00. The molecule has 45 heavy (non-hydrogen) atoms. The minimum Gasteiger partial charge on any atom is -0.224 e. The Bertz CT molecular complexity index is 2100. The fraction of sp³-hybridized carbons (Fsp3) is 0.333. The smallest absolute Gasteiger partial charge is 0.224 e. The highest BCUT2D eigenvalue weighted by Gasteiger charge is 2.56. The maximum Gasteiger partial charge on any atom is 0.416 e. The van der Waals surface area contributed by atoms with Crippen LogP contribution in [0.1, 0.15) is 78.2 Å². The van der Waals surface area contributed by atoms with Gasteiger partial charge in [-0.25, -0.2) is 16.8 Å². The van der Waals surface area contributed by atoms with Gasteiger partial charge in [0, 0.05) is 12.2 Å². The van der Waals surface area contributed by atoms with Crippen LogP contribution < -0.4 is 0 Å². The van der Waals surface area contributed by atoms with E-state index in [4.69, 9.17) is 0 Å². The monoisotopic (exact) mass is 650 g/mol. The van der Waals surface area contributed by atoms with Gasteiger partial charge in [0.25, 0.3) is 0 Å². The number of rotatable bonds is 5. The summed E-state index contributed by atoms with van der Waals surface area (Å²) >= 11 is 0. The van der Waals surface area contributed by atoms with Crippen molar-refractivity contribution >= 4 is 36.5 Å². The molecule has 2 saturated carbocycles. The second kappa shape index (κ2) is 10.3. The Kier molecular flexibility index (Phi) is 6.91. The lowest BCUT2D eigenvalue weighted by molar-refractivity contribution is -0.137. The molecule has 3 aliphatic carbocycles. The molecule has 234 valence electrons. The van der Waals surface area contributed by atoms with Gasteiger partial charge in [-0.2, -0.15) is 13.2 Å². The number of fused-ring (bicyclic) bond motifs is 5. The van der Waals surface area contributed by atoms with E-state index in [0.717, 1.165) is 70.3 Å². The SMILES string of the molecule is CC1(S(=O)(=O)c2cccc(C(F)(F)F)c2)CC(c2cc(S(C)(=O)=O)ccc2C2CC2)CC2C=Cc3c(ccc4ccccc34)C21. The molecule has 4 aromatic carbocycles. The van der Waals surface area contributed by atoms with Crippen molar-refractivity contribution in [2.75, 3.05) is 6.26 Å². The van der Waals surface area contributed by atoms with Gasteiger partial charge in [-0.1, -0.05) is 60.7 Å². The van der Waals surface area contributed by atoms with Crippen LogP contribution in [0.4, 0.5) is 13.2 Å². The number of allylic oxidation sites excluding steroid dienone is 1. The standard InChI is InChI=1S/C36H33F3O4S2/c1-35(45(42,43)28-8-5-7-26(19-28)36(37,38)39)21-25(33-20-27(44(2,40)41)14-17-30(33)23-10-11-23)18-24-13-15-31-29-9-4-3-6-22(29)12-16-32(31)34(24)35/h3-9,12-17,19-20,23-25,34H,10-11,18,21H2,1-2H3. The zero-order valence-electron chi connectivity index (χ0n) is 24.9. The van der Waals surface area contributed by atoms with Crippen molar-refractivity contribution in [1.82, 2.24) is 0 Å². The van der Waals surface area contributed by atoms with Crippen LogP contribution in [0.15, 0.2) is 94.7 Å². The number of benzene rings is 4. The Morgan fingerprint density at radius 2 is 1.51 bits per heavy atom. The molecular weight excluding hydrogens is 618 g/mol. The number of sulfone groups is 2. The Morgan fingerprint density at radius 1 is 0.778 bits per heavy atom. The van der Waals surface area contributed by atoms with E-state index in [1.807, 2.05) is 48.5 Å². The van der Waals surface area contributed by atoms with Crippen LogP contribution in [0.25, 0.3) is 16.8 Å². The van der Waals surface area contributed by atoms with Crippen LogP contribution in [0.2, 0.25) is 0 Å². The van der Waals surface area contributed by atoms with Crippen LogP contribution in [0, 0.1) is 5.92 Å². The molecular formula is C36H33F3O4S2. The maximum atomic E-state index is 14.9. The first-order valence-corrected chi connectivity index (χ1v) is 18.5. The molecule has 0 saturated heterocycles. The van der Waals surface area contributed by atoms with Gasteiger partial charge in [-0.05, 0) is 114 Å². The largest absolute Gasteiger partial charge is 0.416 e. The third-order valence-electron chi connectivity index (χ3n) is 10.2. The van der Waals surface area contributed by atoms with Crippen molar-refractivity contribution in [2.45, 2.75) is 71.1 Å². The van der Waals surface area contributed by atoms with E-state index in [9.17, 15) is 30.0 Å². The zero-order chi connectivity index (χ0) is 31.9. The van der Waals surface area contributed by atoms with Crippen LogP contribution >= 0.6 is 0 Å². The van der Waals surface area contributed by atoms with Crippen molar-refractivity contribution in [1.29, 1.82) is 0 Å². The van der Waals surface area contributed by atoms with E-state index in [-0.39, 0.29) is 34.0 Å². The van der Waals surface area contributed by atoms with Crippen molar-refractivity contribution in [3.05, 3.63) is 113 Å². The molecule has 4 aromatic rings. The molecule has 0 bridgehead atoms. The van der Waals surface area contributed by atoms with Crippen LogP contribution in [-0.4, -0.2) is 27.8 Å². The van der Waals surface area contributed by atoms with Crippen molar-refractivity contribution in [3.63, 3.8) is 0 Å². The average Bonchev–Trinajstić information content (AvgIpc) is 3.85. The zero-order valence-corrected chi connectivity index (χ0v) is 26.5. The molecule has 4 unspecified atom stereocenters. The van der Waals surface area contributed by atoms with Gasteiger partial charge in [0.2, 0.25) is 0 Å². The summed E-state index contributed by atoms with van der Waals surface area (Å²) in [6, 6.07) is 21.1. The minimum absolute atomic E-state index is 0.139. The van der Waals surface area contributed by atoms with Crippen LogP contribution in [0.5, 0.6) is 0 Å². The maximum absolute atomic E-state index is 14.9. The Morgan fingerprint density at radius 3 is 2.22 bits per heavy atom. The highest BCUT2D eigenvalue weighted by Crippen LogP contribution is 2.59. The molecule has 0 N–H and O–H groups in total. The molecule has 0 aromatic heterocycles. The highest BCUT2D eigenvalue weighted by molar-refractivity contribution is 7.93. The van der Waals surface area contributed by atoms with E-state index in [2.05, 4.69) is 6.08 Å². The molecule has 0 radical (unpaired) electrons. The Balaban J connectivity index is 1.44. The number of alkyl halides is 3. The Labute approximate surface area is 261 Å². The third kappa shape index (κ3) is 5.03. The van der Waals surface area contributed by atoms with Crippen LogP contribution in [-0.2, 0) is 25.9 Å². The van der Waals surface area contributed by atoms with Gasteiger partial charge >= 0.3 is 6.18 Å². The quantitative estimate of drug-likeness (QED) is 0.217. The van der Waals surface area contributed by atoms with Gasteiger partial charge in [-0.3, -0.25) is 0 Å². The van der Waals surface area contributed by atoms with E-state index in [1.54, 1.807) is 19.1 Å². The second-order valence-electron chi connectivity index (χ2n) is 13.1. The number of hydrogen-bond acceptors (Lipinski definition) is 4. The molecule has 4 nitrogen and oxygen atoms in total. The van der Waals surface area contributed by atoms with Gasteiger partial charge in [0.15, 0.2) is 19.7 Å². The molecule has 7 rings (SSSR count). The van der Waals surface area contributed by atoms with Gasteiger partial charge in [0.05, 0.1) is 20.1 Å². The summed E-state index contributed by atoms with van der Waals surface area (Å²) in [5.74, 6) is -0.801. The average molecular weight is 651 g/mol. The predicted molar refractivity (Wildman–Crippen MR) is 170 cm³/mol. The van der Waals surface area contributed by atoms with Crippen molar-refractivity contribution in [3.8, 4) is 0 Å². The fourth-order valence-electron chi connectivity index (χ4n) is 7.88. The van der Waals surface area contributed by atoms with Gasteiger partial charge in [0.1, 0.15) is 0 Å². The minimum atomic E-state index is -4.70. The molecule has 0 aliphatic heterocycles. The van der Waals surface area contributed by atoms with E-state index < -0.39 is 42.1 Å². The Hall–Kier alpha value is -3.43.